The standard InChI is InChI=1S/C24H34F3N3O4/c1-22(32-7-8-33-22)5-4-18-3-2-6-29-19(18)30(34-21(31)24(25,26)27)28-20(29)23-12-15-9-16(13-23)11-17(10-15)14-23/h15-19H,2-14H2,1H3. The predicted molar refractivity (Wildman–Crippen MR) is 115 cm³/mol. The molecule has 2 atom stereocenters. The van der Waals surface area contributed by atoms with Gasteiger partial charge in [-0.15, -0.1) is 5.10 Å². The van der Waals surface area contributed by atoms with Crippen LogP contribution in [-0.4, -0.2) is 59.8 Å². The van der Waals surface area contributed by atoms with Crippen LogP contribution < -0.4 is 0 Å². The summed E-state index contributed by atoms with van der Waals surface area (Å²) in [6.07, 6.45) is 4.48. The van der Waals surface area contributed by atoms with E-state index in [4.69, 9.17) is 19.4 Å². The molecule has 4 aliphatic carbocycles. The number of hydroxylamine groups is 1. The molecule has 0 aromatic rings. The topological polar surface area (TPSA) is 63.6 Å². The molecule has 3 heterocycles. The number of rotatable bonds is 5. The molecule has 0 spiro atoms. The maximum Gasteiger partial charge on any atom is 0.493 e. The first-order chi connectivity index (χ1) is 16.1. The van der Waals surface area contributed by atoms with E-state index in [0.29, 0.717) is 43.8 Å². The van der Waals surface area contributed by atoms with Gasteiger partial charge in [-0.05, 0) is 82.5 Å². The van der Waals surface area contributed by atoms with Crippen molar-refractivity contribution in [1.82, 2.24) is 10.1 Å². The van der Waals surface area contributed by atoms with Crippen LogP contribution in [0.2, 0.25) is 0 Å². The van der Waals surface area contributed by atoms with Crippen molar-refractivity contribution in [2.24, 2.45) is 34.2 Å². The van der Waals surface area contributed by atoms with Gasteiger partial charge < -0.3 is 19.2 Å². The SMILES string of the molecule is CC1(CCC2CCCN3C(C45CC6CC(CC(C6)C4)C5)=NN(OC(=O)C(F)(F)F)C23)OCCO1. The van der Waals surface area contributed by atoms with E-state index in [0.717, 1.165) is 49.7 Å². The van der Waals surface area contributed by atoms with E-state index < -0.39 is 24.1 Å². The molecule has 0 amide bonds. The number of fused-ring (bicyclic) bond motifs is 1. The number of hydrazone groups is 1. The fraction of sp³-hybridized carbons (Fsp3) is 0.917. The van der Waals surface area contributed by atoms with Gasteiger partial charge in [0.2, 0.25) is 0 Å². The van der Waals surface area contributed by atoms with Crippen molar-refractivity contribution < 1.29 is 32.3 Å². The quantitative estimate of drug-likeness (QED) is 0.574. The van der Waals surface area contributed by atoms with Gasteiger partial charge in [0.15, 0.2) is 12.0 Å². The lowest BCUT2D eigenvalue weighted by Crippen LogP contribution is -2.58. The van der Waals surface area contributed by atoms with Crippen molar-refractivity contribution in [1.29, 1.82) is 0 Å². The number of nitrogens with zero attached hydrogens (tertiary/aromatic N) is 3. The Balaban J connectivity index is 1.28. The molecule has 7 rings (SSSR count). The Morgan fingerprint density at radius 3 is 2.32 bits per heavy atom. The first kappa shape index (κ1) is 22.9. The lowest BCUT2D eigenvalue weighted by molar-refractivity contribution is -0.257. The van der Waals surface area contributed by atoms with Gasteiger partial charge in [0, 0.05) is 24.3 Å². The molecule has 2 unspecified atom stereocenters. The summed E-state index contributed by atoms with van der Waals surface area (Å²) in [7, 11) is 0. The van der Waals surface area contributed by atoms with Crippen molar-refractivity contribution in [3.8, 4) is 0 Å². The Morgan fingerprint density at radius 1 is 1.12 bits per heavy atom. The van der Waals surface area contributed by atoms with Gasteiger partial charge in [-0.1, -0.05) is 5.17 Å². The van der Waals surface area contributed by atoms with Crippen LogP contribution in [0.3, 0.4) is 0 Å². The van der Waals surface area contributed by atoms with Crippen molar-refractivity contribution >= 4 is 11.8 Å². The van der Waals surface area contributed by atoms with Crippen molar-refractivity contribution in [3.05, 3.63) is 0 Å². The fourth-order valence-electron chi connectivity index (χ4n) is 8.25. The van der Waals surface area contributed by atoms with Crippen LogP contribution in [0.5, 0.6) is 0 Å². The van der Waals surface area contributed by atoms with Gasteiger partial charge >= 0.3 is 12.1 Å². The summed E-state index contributed by atoms with van der Waals surface area (Å²) in [5.74, 6) is 0.0223. The van der Waals surface area contributed by atoms with E-state index in [2.05, 4.69) is 4.90 Å². The number of amidine groups is 1. The zero-order chi connectivity index (χ0) is 23.7. The van der Waals surface area contributed by atoms with Crippen LogP contribution in [-0.2, 0) is 19.1 Å². The Bertz CT molecular complexity index is 822. The third kappa shape index (κ3) is 3.88. The van der Waals surface area contributed by atoms with Crippen LogP contribution >= 0.6 is 0 Å². The average Bonchev–Trinajstić information content (AvgIpc) is 3.36. The highest BCUT2D eigenvalue weighted by atomic mass is 19.4. The lowest BCUT2D eigenvalue weighted by atomic mass is 9.49. The zero-order valence-electron chi connectivity index (χ0n) is 19.7. The van der Waals surface area contributed by atoms with Crippen LogP contribution in [0.4, 0.5) is 13.2 Å². The van der Waals surface area contributed by atoms with Crippen molar-refractivity contribution in [3.63, 3.8) is 0 Å². The Hall–Kier alpha value is -1.55. The average molecular weight is 486 g/mol. The molecule has 4 bridgehead atoms. The maximum atomic E-state index is 13.1. The summed E-state index contributed by atoms with van der Waals surface area (Å²) in [5.41, 5.74) is -0.0993. The molecule has 2 saturated heterocycles. The van der Waals surface area contributed by atoms with Gasteiger partial charge in [0.25, 0.3) is 0 Å². The molecule has 0 aromatic carbocycles. The molecular weight excluding hydrogens is 451 g/mol. The van der Waals surface area contributed by atoms with Gasteiger partial charge in [-0.25, -0.2) is 4.79 Å². The summed E-state index contributed by atoms with van der Waals surface area (Å²) in [6.45, 7) is 3.73. The molecule has 3 aliphatic heterocycles. The maximum absolute atomic E-state index is 13.1. The zero-order valence-corrected chi connectivity index (χ0v) is 19.7. The lowest BCUT2D eigenvalue weighted by Gasteiger charge is -2.57. The Morgan fingerprint density at radius 2 is 1.74 bits per heavy atom. The molecule has 7 aliphatic rings. The smallest absolute Gasteiger partial charge is 0.348 e. The number of ether oxygens (including phenoxy) is 2. The van der Waals surface area contributed by atoms with Gasteiger partial charge in [0.1, 0.15) is 5.84 Å². The van der Waals surface area contributed by atoms with Crippen LogP contribution in [0, 0.1) is 29.1 Å². The predicted octanol–water partition coefficient (Wildman–Crippen LogP) is 4.43. The first-order valence-corrected chi connectivity index (χ1v) is 12.9. The van der Waals surface area contributed by atoms with Gasteiger partial charge in [0.05, 0.1) is 13.2 Å². The highest BCUT2D eigenvalue weighted by Crippen LogP contribution is 2.62. The monoisotopic (exact) mass is 485 g/mol. The van der Waals surface area contributed by atoms with Crippen molar-refractivity contribution in [2.75, 3.05) is 19.8 Å². The highest BCUT2D eigenvalue weighted by Gasteiger charge is 2.59. The summed E-state index contributed by atoms with van der Waals surface area (Å²) < 4.78 is 50.9. The van der Waals surface area contributed by atoms with Crippen LogP contribution in [0.1, 0.15) is 71.1 Å². The third-order valence-electron chi connectivity index (χ3n) is 9.19. The molecule has 0 radical (unpaired) electrons. The second-order valence-corrected chi connectivity index (χ2v) is 11.7. The molecule has 0 N–H and O–H groups in total. The second-order valence-electron chi connectivity index (χ2n) is 11.7. The molecular formula is C24H34F3N3O4. The minimum Gasteiger partial charge on any atom is -0.348 e. The van der Waals surface area contributed by atoms with E-state index >= 15 is 0 Å². The highest BCUT2D eigenvalue weighted by molar-refractivity contribution is 5.90. The molecule has 0 aromatic heterocycles. The van der Waals surface area contributed by atoms with E-state index in [1.165, 1.54) is 19.3 Å². The Labute approximate surface area is 197 Å². The summed E-state index contributed by atoms with van der Waals surface area (Å²) >= 11 is 0. The second kappa shape index (κ2) is 7.98. The molecule has 4 saturated carbocycles. The number of hydrogen-bond donors (Lipinski definition) is 0. The van der Waals surface area contributed by atoms with E-state index in [9.17, 15) is 18.0 Å². The number of piperidine rings is 1. The van der Waals surface area contributed by atoms with Gasteiger partial charge in [-0.2, -0.15) is 13.2 Å². The third-order valence-corrected chi connectivity index (χ3v) is 9.19. The molecule has 190 valence electrons. The molecule has 7 nitrogen and oxygen atoms in total. The number of hydrogen-bond acceptors (Lipinski definition) is 7. The normalized spacial score (nSPS) is 40.5. The van der Waals surface area contributed by atoms with Crippen LogP contribution in [0.25, 0.3) is 0 Å². The van der Waals surface area contributed by atoms with E-state index in [1.54, 1.807) is 0 Å². The van der Waals surface area contributed by atoms with E-state index in [1.807, 2.05) is 6.92 Å². The fourth-order valence-corrected chi connectivity index (χ4v) is 8.25. The summed E-state index contributed by atoms with van der Waals surface area (Å²) in [4.78, 5) is 19.0. The number of alkyl halides is 3. The minimum atomic E-state index is -5.06. The van der Waals surface area contributed by atoms with Crippen LogP contribution in [0.15, 0.2) is 5.10 Å². The minimum absolute atomic E-state index is 0.00503. The number of carbonyl (C=O) groups excluding carboxylic acids is 1. The number of carbonyl (C=O) groups is 1. The largest absolute Gasteiger partial charge is 0.493 e. The molecule has 10 heteroatoms. The first-order valence-electron chi connectivity index (χ1n) is 12.9. The molecule has 6 fully saturated rings. The van der Waals surface area contributed by atoms with Gasteiger partial charge in [-0.3, -0.25) is 0 Å². The van der Waals surface area contributed by atoms with E-state index in [-0.39, 0.29) is 11.3 Å². The number of halogens is 3. The Kier molecular flexibility index (Phi) is 5.37. The molecule has 34 heavy (non-hydrogen) atoms. The summed E-state index contributed by atoms with van der Waals surface area (Å²) in [5, 5.41) is 5.70. The summed E-state index contributed by atoms with van der Waals surface area (Å²) in [6, 6.07) is 0. The van der Waals surface area contributed by atoms with Crippen molar-refractivity contribution in [2.45, 2.75) is 89.3 Å².